The molecule has 1 aliphatic heterocycles. The topological polar surface area (TPSA) is 52.3 Å². The van der Waals surface area contributed by atoms with Crippen LogP contribution >= 0.6 is 12.4 Å². The maximum absolute atomic E-state index is 12.8. The summed E-state index contributed by atoms with van der Waals surface area (Å²) in [5.74, 6) is 0.571. The van der Waals surface area contributed by atoms with Crippen molar-refractivity contribution in [2.24, 2.45) is 0 Å². The van der Waals surface area contributed by atoms with Crippen LogP contribution in [0.5, 0.6) is 5.75 Å². The molecule has 2 aromatic heterocycles. The first-order chi connectivity index (χ1) is 15.7. The van der Waals surface area contributed by atoms with Crippen LogP contribution in [0.25, 0.3) is 16.6 Å². The van der Waals surface area contributed by atoms with Crippen molar-refractivity contribution in [1.29, 1.82) is 0 Å². The quantitative estimate of drug-likeness (QED) is 0.401. The van der Waals surface area contributed by atoms with Crippen LogP contribution in [0.4, 0.5) is 0 Å². The van der Waals surface area contributed by atoms with E-state index in [9.17, 15) is 4.79 Å². The molecule has 5 rings (SSSR count). The molecule has 0 aliphatic carbocycles. The maximum Gasteiger partial charge on any atom is 0.258 e. The van der Waals surface area contributed by atoms with Gasteiger partial charge in [-0.3, -0.25) is 14.0 Å². The van der Waals surface area contributed by atoms with Crippen LogP contribution in [0.1, 0.15) is 24.1 Å². The van der Waals surface area contributed by atoms with Crippen molar-refractivity contribution in [3.8, 4) is 11.4 Å². The number of nitrogens with zero attached hydrogens (tertiary/aromatic N) is 4. The van der Waals surface area contributed by atoms with E-state index in [-0.39, 0.29) is 18.0 Å². The Morgan fingerprint density at radius 2 is 1.76 bits per heavy atom. The van der Waals surface area contributed by atoms with Gasteiger partial charge in [0, 0.05) is 29.9 Å². The van der Waals surface area contributed by atoms with Crippen LogP contribution < -0.4 is 10.3 Å². The lowest BCUT2D eigenvalue weighted by Gasteiger charge is -2.14. The SMILES string of the molecule is Cc1nn(CCN2CCCC2)c2ccc(-n3ccc(OCc4ccccc4)cc3=O)cc12.Cl. The predicted molar refractivity (Wildman–Crippen MR) is 134 cm³/mol. The summed E-state index contributed by atoms with van der Waals surface area (Å²) < 4.78 is 9.54. The van der Waals surface area contributed by atoms with Gasteiger partial charge in [-0.25, -0.2) is 0 Å². The average molecular weight is 465 g/mol. The van der Waals surface area contributed by atoms with Gasteiger partial charge in [-0.2, -0.15) is 5.10 Å². The third-order valence-electron chi connectivity index (χ3n) is 6.16. The number of hydrogen-bond donors (Lipinski definition) is 0. The highest BCUT2D eigenvalue weighted by Gasteiger charge is 2.14. The van der Waals surface area contributed by atoms with Gasteiger partial charge in [0.25, 0.3) is 5.56 Å². The molecule has 0 amide bonds. The third-order valence-corrected chi connectivity index (χ3v) is 6.16. The van der Waals surface area contributed by atoms with E-state index in [1.165, 1.54) is 25.9 Å². The molecule has 33 heavy (non-hydrogen) atoms. The highest BCUT2D eigenvalue weighted by Crippen LogP contribution is 2.22. The van der Waals surface area contributed by atoms with Crippen LogP contribution in [-0.4, -0.2) is 38.9 Å². The number of halogens is 1. The normalized spacial score (nSPS) is 13.8. The monoisotopic (exact) mass is 464 g/mol. The minimum Gasteiger partial charge on any atom is -0.489 e. The van der Waals surface area contributed by atoms with Crippen molar-refractivity contribution in [3.05, 3.63) is 88.5 Å². The standard InChI is InChI=1S/C26H28N4O2.ClH/c1-20-24-17-22(9-10-25(24)30(27-20)16-15-28-12-5-6-13-28)29-14-11-23(18-26(29)31)32-19-21-7-3-2-4-8-21;/h2-4,7-11,14,17-18H,5-6,12-13,15-16,19H2,1H3;1H. The van der Waals surface area contributed by atoms with E-state index in [1.807, 2.05) is 49.4 Å². The van der Waals surface area contributed by atoms with Crippen LogP contribution in [0.2, 0.25) is 0 Å². The van der Waals surface area contributed by atoms with Gasteiger partial charge >= 0.3 is 0 Å². The molecule has 0 N–H and O–H groups in total. The van der Waals surface area contributed by atoms with E-state index >= 15 is 0 Å². The molecule has 6 nitrogen and oxygen atoms in total. The minimum atomic E-state index is -0.117. The van der Waals surface area contributed by atoms with E-state index in [0.29, 0.717) is 12.4 Å². The zero-order chi connectivity index (χ0) is 21.9. The molecule has 1 fully saturated rings. The molecule has 0 saturated carbocycles. The second-order valence-electron chi connectivity index (χ2n) is 8.40. The van der Waals surface area contributed by atoms with E-state index < -0.39 is 0 Å². The highest BCUT2D eigenvalue weighted by molar-refractivity contribution is 5.85. The van der Waals surface area contributed by atoms with Gasteiger partial charge in [0.2, 0.25) is 0 Å². The average Bonchev–Trinajstić information content (AvgIpc) is 3.45. The van der Waals surface area contributed by atoms with Crippen LogP contribution in [0, 0.1) is 6.92 Å². The number of pyridine rings is 1. The fourth-order valence-corrected chi connectivity index (χ4v) is 4.40. The molecule has 7 heteroatoms. The number of likely N-dealkylation sites (tertiary alicyclic amines) is 1. The van der Waals surface area contributed by atoms with Crippen molar-refractivity contribution in [2.45, 2.75) is 32.9 Å². The van der Waals surface area contributed by atoms with Crippen molar-refractivity contribution in [3.63, 3.8) is 0 Å². The lowest BCUT2D eigenvalue weighted by atomic mass is 10.2. The number of rotatable bonds is 7. The van der Waals surface area contributed by atoms with Crippen molar-refractivity contribution >= 4 is 23.3 Å². The van der Waals surface area contributed by atoms with Crippen LogP contribution in [0.3, 0.4) is 0 Å². The van der Waals surface area contributed by atoms with Gasteiger partial charge in [-0.05, 0) is 62.7 Å². The minimum absolute atomic E-state index is 0. The fourth-order valence-electron chi connectivity index (χ4n) is 4.40. The molecule has 2 aromatic carbocycles. The Morgan fingerprint density at radius 3 is 2.52 bits per heavy atom. The Hall–Kier alpha value is -3.09. The van der Waals surface area contributed by atoms with Gasteiger partial charge < -0.3 is 9.64 Å². The van der Waals surface area contributed by atoms with E-state index in [0.717, 1.165) is 40.9 Å². The molecular weight excluding hydrogens is 436 g/mol. The second-order valence-corrected chi connectivity index (χ2v) is 8.40. The molecule has 4 aromatic rings. The molecule has 0 spiro atoms. The van der Waals surface area contributed by atoms with Crippen molar-refractivity contribution in [2.75, 3.05) is 19.6 Å². The number of aryl methyl sites for hydroxylation is 1. The molecule has 3 heterocycles. The molecule has 0 bridgehead atoms. The first-order valence-corrected chi connectivity index (χ1v) is 11.3. The van der Waals surface area contributed by atoms with E-state index in [2.05, 4.69) is 21.7 Å². The van der Waals surface area contributed by atoms with Gasteiger partial charge in [0.1, 0.15) is 12.4 Å². The number of hydrogen-bond acceptors (Lipinski definition) is 4. The summed E-state index contributed by atoms with van der Waals surface area (Å²) in [7, 11) is 0. The van der Waals surface area contributed by atoms with E-state index in [4.69, 9.17) is 9.84 Å². The molecule has 1 saturated heterocycles. The highest BCUT2D eigenvalue weighted by atomic mass is 35.5. The second kappa shape index (κ2) is 10.2. The molecule has 172 valence electrons. The zero-order valence-electron chi connectivity index (χ0n) is 18.8. The summed E-state index contributed by atoms with van der Waals surface area (Å²) in [6, 6.07) is 19.4. The smallest absolute Gasteiger partial charge is 0.258 e. The first-order valence-electron chi connectivity index (χ1n) is 11.3. The third kappa shape index (κ3) is 5.13. The van der Waals surface area contributed by atoms with Gasteiger partial charge in [0.15, 0.2) is 0 Å². The number of benzene rings is 2. The summed E-state index contributed by atoms with van der Waals surface area (Å²) in [6.07, 6.45) is 4.37. The molecular formula is C26H29ClN4O2. The van der Waals surface area contributed by atoms with Crippen LogP contribution in [-0.2, 0) is 13.2 Å². The summed E-state index contributed by atoms with van der Waals surface area (Å²) >= 11 is 0. The Bertz CT molecular complexity index is 1280. The van der Waals surface area contributed by atoms with Gasteiger partial charge in [-0.1, -0.05) is 30.3 Å². The number of ether oxygens (including phenoxy) is 1. The van der Waals surface area contributed by atoms with Crippen molar-refractivity contribution in [1.82, 2.24) is 19.2 Å². The van der Waals surface area contributed by atoms with Gasteiger partial charge in [-0.15, -0.1) is 12.4 Å². The summed E-state index contributed by atoms with van der Waals surface area (Å²) in [5.41, 5.74) is 3.88. The lowest BCUT2D eigenvalue weighted by Crippen LogP contribution is -2.24. The zero-order valence-corrected chi connectivity index (χ0v) is 19.6. The fraction of sp³-hybridized carbons (Fsp3) is 0.308. The number of aromatic nitrogens is 3. The summed E-state index contributed by atoms with van der Waals surface area (Å²) in [6.45, 7) is 6.76. The Kier molecular flexibility index (Phi) is 7.16. The Labute approximate surface area is 199 Å². The maximum atomic E-state index is 12.8. The Morgan fingerprint density at radius 1 is 0.970 bits per heavy atom. The van der Waals surface area contributed by atoms with Crippen molar-refractivity contribution < 1.29 is 4.74 Å². The van der Waals surface area contributed by atoms with Crippen LogP contribution in [0.15, 0.2) is 71.7 Å². The van der Waals surface area contributed by atoms with Gasteiger partial charge in [0.05, 0.1) is 17.8 Å². The molecule has 0 atom stereocenters. The Balaban J connectivity index is 0.00000259. The van der Waals surface area contributed by atoms with E-state index in [1.54, 1.807) is 16.8 Å². The molecule has 1 aliphatic rings. The molecule has 0 unspecified atom stereocenters. The molecule has 0 radical (unpaired) electrons. The predicted octanol–water partition coefficient (Wildman–Crippen LogP) is 4.59. The number of fused-ring (bicyclic) bond motifs is 1. The lowest BCUT2D eigenvalue weighted by molar-refractivity contribution is 0.305. The first kappa shape index (κ1) is 23.1. The largest absolute Gasteiger partial charge is 0.489 e. The summed E-state index contributed by atoms with van der Waals surface area (Å²) in [5, 5.41) is 5.84. The summed E-state index contributed by atoms with van der Waals surface area (Å²) in [4.78, 5) is 15.3.